The molecule has 0 amide bonds. The molecular weight excluding hydrogens is 685 g/mol. The lowest BCUT2D eigenvalue weighted by atomic mass is 10.0. The molecule has 0 heterocycles. The summed E-state index contributed by atoms with van der Waals surface area (Å²) >= 11 is 0. The number of carbonyl (C=O) groups is 1. The smallest absolute Gasteiger partial charge is 0.457 e. The first-order valence-corrected chi connectivity index (χ1v) is 24.5. The Kier molecular flexibility index (Phi) is 42.2. The Morgan fingerprint density at radius 2 is 0.830 bits per heavy atom. The van der Waals surface area contributed by atoms with Gasteiger partial charge in [0, 0.05) is 19.6 Å². The number of ether oxygens (including phenoxy) is 2. The number of rotatable bonds is 45. The van der Waals surface area contributed by atoms with E-state index in [1.54, 1.807) is 0 Å². The number of nitrogens with two attached hydrogens (primary N) is 1. The van der Waals surface area contributed by atoms with Crippen LogP contribution < -0.4 is 5.73 Å². The third kappa shape index (κ3) is 42.5. The first kappa shape index (κ1) is 52.5. The minimum absolute atomic E-state index is 0.0901. The van der Waals surface area contributed by atoms with Gasteiger partial charge in [-0.1, -0.05) is 219 Å². The second kappa shape index (κ2) is 42.6. The van der Waals surface area contributed by atoms with Crippen molar-refractivity contribution in [3.05, 3.63) is 0 Å². The number of phosphoric acid groups is 1. The average Bonchev–Trinajstić information content (AvgIpc) is 3.15. The largest absolute Gasteiger partial charge is 0.472 e. The van der Waals surface area contributed by atoms with E-state index in [9.17, 15) is 14.3 Å². The molecule has 2 atom stereocenters. The average molecular weight is 776 g/mol. The molecule has 0 aliphatic rings. The van der Waals surface area contributed by atoms with Crippen molar-refractivity contribution in [3.8, 4) is 0 Å². The summed E-state index contributed by atoms with van der Waals surface area (Å²) < 4.78 is 33.4. The highest BCUT2D eigenvalue weighted by Gasteiger charge is 2.25. The Hall–Kier alpha value is -0.500. The van der Waals surface area contributed by atoms with Gasteiger partial charge in [0.1, 0.15) is 6.10 Å². The fourth-order valence-corrected chi connectivity index (χ4v) is 7.65. The van der Waals surface area contributed by atoms with E-state index in [0.29, 0.717) is 13.0 Å². The van der Waals surface area contributed by atoms with Crippen molar-refractivity contribution in [2.45, 2.75) is 245 Å². The second-order valence-electron chi connectivity index (χ2n) is 15.6. The van der Waals surface area contributed by atoms with E-state index < -0.39 is 13.9 Å². The lowest BCUT2D eigenvalue weighted by molar-refractivity contribution is -0.154. The van der Waals surface area contributed by atoms with Crippen molar-refractivity contribution in [2.75, 3.05) is 33.0 Å². The molecule has 3 N–H and O–H groups in total. The van der Waals surface area contributed by atoms with Crippen LogP contribution in [0, 0.1) is 0 Å². The van der Waals surface area contributed by atoms with Crippen LogP contribution in [-0.4, -0.2) is 49.9 Å². The molecule has 0 aliphatic heterocycles. The van der Waals surface area contributed by atoms with Crippen molar-refractivity contribution in [1.29, 1.82) is 0 Å². The number of phosphoric ester groups is 1. The van der Waals surface area contributed by atoms with Gasteiger partial charge in [0.25, 0.3) is 0 Å². The van der Waals surface area contributed by atoms with Gasteiger partial charge in [0.05, 0.1) is 19.8 Å². The summed E-state index contributed by atoms with van der Waals surface area (Å²) in [6, 6.07) is 0. The number of carbonyl (C=O) groups excluding carboxylic acids is 1. The van der Waals surface area contributed by atoms with Crippen LogP contribution in [0.15, 0.2) is 0 Å². The SMILES string of the molecule is CCCCCCCCCCCCCCCCCCCCCCCCC(=O)O[C@H](COCCCCCCCCCCCCCC)COP(=O)(O)OCCN. The molecule has 0 bridgehead atoms. The zero-order valence-corrected chi connectivity index (χ0v) is 36.2. The monoisotopic (exact) mass is 776 g/mol. The van der Waals surface area contributed by atoms with Crippen molar-refractivity contribution < 1.29 is 32.8 Å². The molecule has 318 valence electrons. The maximum Gasteiger partial charge on any atom is 0.472 e. The van der Waals surface area contributed by atoms with Crippen LogP contribution in [0.1, 0.15) is 239 Å². The molecule has 1 unspecified atom stereocenters. The predicted octanol–water partition coefficient (Wildman–Crippen LogP) is 13.7. The summed E-state index contributed by atoms with van der Waals surface area (Å²) in [6.45, 7) is 4.98. The summed E-state index contributed by atoms with van der Waals surface area (Å²) in [5, 5.41) is 0. The van der Waals surface area contributed by atoms with Crippen LogP contribution in [0.25, 0.3) is 0 Å². The van der Waals surface area contributed by atoms with Gasteiger partial charge in [-0.15, -0.1) is 0 Å². The van der Waals surface area contributed by atoms with Crippen LogP contribution >= 0.6 is 7.82 Å². The quantitative estimate of drug-likeness (QED) is 0.0357. The van der Waals surface area contributed by atoms with Crippen molar-refractivity contribution in [2.24, 2.45) is 5.73 Å². The molecule has 0 aromatic rings. The Bertz CT molecular complexity index is 787. The molecule has 9 heteroatoms. The topological polar surface area (TPSA) is 117 Å². The maximum atomic E-state index is 12.6. The van der Waals surface area contributed by atoms with Crippen molar-refractivity contribution >= 4 is 13.8 Å². The van der Waals surface area contributed by atoms with Gasteiger partial charge < -0.3 is 20.1 Å². The van der Waals surface area contributed by atoms with E-state index >= 15 is 0 Å². The van der Waals surface area contributed by atoms with Gasteiger partial charge in [-0.25, -0.2) is 4.57 Å². The Morgan fingerprint density at radius 3 is 1.19 bits per heavy atom. The molecule has 0 aliphatic carbocycles. The molecule has 0 spiro atoms. The fraction of sp³-hybridized carbons (Fsp3) is 0.977. The summed E-state index contributed by atoms with van der Waals surface area (Å²) in [4.78, 5) is 22.5. The predicted molar refractivity (Wildman–Crippen MR) is 224 cm³/mol. The number of hydrogen-bond acceptors (Lipinski definition) is 7. The van der Waals surface area contributed by atoms with E-state index in [4.69, 9.17) is 24.3 Å². The number of hydrogen-bond donors (Lipinski definition) is 2. The molecule has 53 heavy (non-hydrogen) atoms. The van der Waals surface area contributed by atoms with Crippen molar-refractivity contribution in [1.82, 2.24) is 0 Å². The first-order valence-electron chi connectivity index (χ1n) is 23.0. The third-order valence-electron chi connectivity index (χ3n) is 10.3. The van der Waals surface area contributed by atoms with Crippen LogP contribution in [0.5, 0.6) is 0 Å². The standard InChI is InChI=1S/C44H90NO7P/c1-3-5-7-9-11-13-15-17-18-19-20-21-22-23-24-25-26-27-29-31-33-35-37-44(46)52-43(42-51-53(47,48)50-40-38-45)41-49-39-36-34-32-30-28-16-14-12-10-8-6-4-2/h43H,3-42,45H2,1-2H3,(H,47,48)/t43-/m1/s1. The van der Waals surface area contributed by atoms with Gasteiger partial charge in [0.15, 0.2) is 0 Å². The fourth-order valence-electron chi connectivity index (χ4n) is 6.88. The van der Waals surface area contributed by atoms with E-state index in [0.717, 1.165) is 32.1 Å². The number of unbranched alkanes of at least 4 members (excludes halogenated alkanes) is 32. The highest BCUT2D eigenvalue weighted by Crippen LogP contribution is 2.43. The number of esters is 1. The lowest BCUT2D eigenvalue weighted by Gasteiger charge is -2.20. The summed E-state index contributed by atoms with van der Waals surface area (Å²) in [6.07, 6.45) is 44.1. The molecule has 0 aromatic heterocycles. The molecule has 0 aromatic carbocycles. The Morgan fingerprint density at radius 1 is 0.491 bits per heavy atom. The lowest BCUT2D eigenvalue weighted by Crippen LogP contribution is -2.28. The first-order chi connectivity index (χ1) is 25.9. The minimum atomic E-state index is -4.27. The molecule has 0 fully saturated rings. The van der Waals surface area contributed by atoms with E-state index in [-0.39, 0.29) is 32.3 Å². The van der Waals surface area contributed by atoms with Gasteiger partial charge in [-0.05, 0) is 12.8 Å². The molecule has 0 radical (unpaired) electrons. The Balaban J connectivity index is 3.88. The van der Waals surface area contributed by atoms with Crippen LogP contribution in [0.2, 0.25) is 0 Å². The molecular formula is C44H90NO7P. The van der Waals surface area contributed by atoms with Crippen molar-refractivity contribution in [3.63, 3.8) is 0 Å². The van der Waals surface area contributed by atoms with E-state index in [1.807, 2.05) is 0 Å². The van der Waals surface area contributed by atoms with Crippen LogP contribution in [-0.2, 0) is 27.9 Å². The summed E-state index contributed by atoms with van der Waals surface area (Å²) in [7, 11) is -4.27. The zero-order valence-electron chi connectivity index (χ0n) is 35.3. The molecule has 0 rings (SSSR count). The molecule has 0 saturated heterocycles. The summed E-state index contributed by atoms with van der Waals surface area (Å²) in [5.41, 5.74) is 5.37. The normalized spacial score (nSPS) is 13.4. The highest BCUT2D eigenvalue weighted by molar-refractivity contribution is 7.47. The maximum absolute atomic E-state index is 12.6. The zero-order chi connectivity index (χ0) is 38.8. The molecule has 0 saturated carbocycles. The Labute approximate surface area is 329 Å². The van der Waals surface area contributed by atoms with Gasteiger partial charge >= 0.3 is 13.8 Å². The minimum Gasteiger partial charge on any atom is -0.457 e. The third-order valence-corrected chi connectivity index (χ3v) is 11.3. The van der Waals surface area contributed by atoms with E-state index in [2.05, 4.69) is 13.8 Å². The molecule has 8 nitrogen and oxygen atoms in total. The van der Waals surface area contributed by atoms with Gasteiger partial charge in [0.2, 0.25) is 0 Å². The second-order valence-corrected chi connectivity index (χ2v) is 17.1. The highest BCUT2D eigenvalue weighted by atomic mass is 31.2. The van der Waals surface area contributed by atoms with Crippen LogP contribution in [0.4, 0.5) is 0 Å². The van der Waals surface area contributed by atoms with E-state index in [1.165, 1.54) is 186 Å². The van der Waals surface area contributed by atoms with Crippen LogP contribution in [0.3, 0.4) is 0 Å². The van der Waals surface area contributed by atoms with Gasteiger partial charge in [-0.2, -0.15) is 0 Å². The summed E-state index contributed by atoms with van der Waals surface area (Å²) in [5.74, 6) is -0.323. The van der Waals surface area contributed by atoms with Gasteiger partial charge in [-0.3, -0.25) is 13.8 Å².